The molecule has 0 saturated heterocycles. The van der Waals surface area contributed by atoms with E-state index in [0.717, 1.165) is 32.4 Å². The Kier molecular flexibility index (Phi) is 5.67. The van der Waals surface area contributed by atoms with Gasteiger partial charge in [-0.05, 0) is 31.0 Å². The van der Waals surface area contributed by atoms with Crippen LogP contribution in [0.5, 0.6) is 0 Å². The number of hydrogen-bond acceptors (Lipinski definition) is 1. The number of carbonyl (C=O) groups excluding carboxylic acids is 1. The fourth-order valence-electron chi connectivity index (χ4n) is 1.74. The van der Waals surface area contributed by atoms with Crippen LogP contribution in [0.15, 0.2) is 24.3 Å². The van der Waals surface area contributed by atoms with Crippen molar-refractivity contribution < 1.29 is 9.18 Å². The van der Waals surface area contributed by atoms with Crippen molar-refractivity contribution >= 4 is 5.91 Å². The van der Waals surface area contributed by atoms with Crippen LogP contribution in [0, 0.1) is 5.82 Å². The number of halogens is 1. The smallest absolute Gasteiger partial charge is 0.253 e. The van der Waals surface area contributed by atoms with Gasteiger partial charge in [-0.15, -0.1) is 0 Å². The normalized spacial score (nSPS) is 10.3. The van der Waals surface area contributed by atoms with Crippen molar-refractivity contribution in [3.63, 3.8) is 0 Å². The molecule has 1 aromatic rings. The molecule has 0 N–H and O–H groups in total. The van der Waals surface area contributed by atoms with E-state index in [4.69, 9.17) is 0 Å². The predicted octanol–water partition coefficient (Wildman–Crippen LogP) is 3.48. The van der Waals surface area contributed by atoms with E-state index in [1.165, 1.54) is 12.1 Å². The third kappa shape index (κ3) is 4.17. The Labute approximate surface area is 102 Å². The average Bonchev–Trinajstić information content (AvgIpc) is 2.33. The fraction of sp³-hybridized carbons (Fsp3) is 0.500. The van der Waals surface area contributed by atoms with Gasteiger partial charge in [0.1, 0.15) is 5.82 Å². The van der Waals surface area contributed by atoms with Crippen molar-refractivity contribution in [2.75, 3.05) is 13.1 Å². The Hall–Kier alpha value is -1.38. The molecule has 0 fully saturated rings. The molecule has 0 radical (unpaired) electrons. The highest BCUT2D eigenvalue weighted by Gasteiger charge is 2.14. The molecule has 0 heterocycles. The van der Waals surface area contributed by atoms with Gasteiger partial charge in [0.05, 0.1) is 0 Å². The largest absolute Gasteiger partial charge is 0.339 e. The van der Waals surface area contributed by atoms with Crippen LogP contribution in [0.4, 0.5) is 4.39 Å². The quantitative estimate of drug-likeness (QED) is 0.741. The molecule has 0 aliphatic heterocycles. The second kappa shape index (κ2) is 7.05. The van der Waals surface area contributed by atoms with E-state index in [9.17, 15) is 9.18 Å². The van der Waals surface area contributed by atoms with Crippen molar-refractivity contribution in [2.24, 2.45) is 0 Å². The lowest BCUT2D eigenvalue weighted by Crippen LogP contribution is -2.32. The summed E-state index contributed by atoms with van der Waals surface area (Å²) in [6.45, 7) is 5.61. The number of hydrogen-bond donors (Lipinski definition) is 0. The van der Waals surface area contributed by atoms with Crippen molar-refractivity contribution in [1.82, 2.24) is 4.90 Å². The molecule has 17 heavy (non-hydrogen) atoms. The van der Waals surface area contributed by atoms with Gasteiger partial charge in [-0.2, -0.15) is 0 Å². The Morgan fingerprint density at radius 2 is 2.00 bits per heavy atom. The lowest BCUT2D eigenvalue weighted by atomic mass is 10.1. The molecule has 0 bridgehead atoms. The zero-order valence-electron chi connectivity index (χ0n) is 10.6. The molecule has 0 saturated carbocycles. The maximum Gasteiger partial charge on any atom is 0.253 e. The summed E-state index contributed by atoms with van der Waals surface area (Å²) in [5.41, 5.74) is 0.439. The molecule has 1 aromatic carbocycles. The first-order valence-electron chi connectivity index (χ1n) is 6.23. The van der Waals surface area contributed by atoms with E-state index >= 15 is 0 Å². The summed E-state index contributed by atoms with van der Waals surface area (Å²) < 4.78 is 13.1. The SMILES string of the molecule is CCCCN(CCC)C(=O)c1cccc(F)c1. The van der Waals surface area contributed by atoms with E-state index < -0.39 is 0 Å². The molecule has 0 unspecified atom stereocenters. The molecule has 2 nitrogen and oxygen atoms in total. The number of nitrogens with zero attached hydrogens (tertiary/aromatic N) is 1. The first-order chi connectivity index (χ1) is 8.19. The van der Waals surface area contributed by atoms with Crippen LogP contribution in [-0.4, -0.2) is 23.9 Å². The Balaban J connectivity index is 2.76. The van der Waals surface area contributed by atoms with Crippen LogP contribution in [0.3, 0.4) is 0 Å². The molecule has 0 aliphatic rings. The summed E-state index contributed by atoms with van der Waals surface area (Å²) >= 11 is 0. The summed E-state index contributed by atoms with van der Waals surface area (Å²) in [5.74, 6) is -0.428. The zero-order chi connectivity index (χ0) is 12.7. The summed E-state index contributed by atoms with van der Waals surface area (Å²) in [6.07, 6.45) is 2.96. The van der Waals surface area contributed by atoms with E-state index in [1.54, 1.807) is 17.0 Å². The van der Waals surface area contributed by atoms with Gasteiger partial charge in [-0.25, -0.2) is 4.39 Å². The molecule has 1 rings (SSSR count). The molecule has 3 heteroatoms. The molecule has 1 amide bonds. The minimum absolute atomic E-state index is 0.0696. The molecule has 0 aliphatic carbocycles. The van der Waals surface area contributed by atoms with Gasteiger partial charge in [0, 0.05) is 18.7 Å². The highest BCUT2D eigenvalue weighted by molar-refractivity contribution is 5.94. The minimum Gasteiger partial charge on any atom is -0.339 e. The third-order valence-electron chi connectivity index (χ3n) is 2.63. The average molecular weight is 237 g/mol. The lowest BCUT2D eigenvalue weighted by molar-refractivity contribution is 0.0753. The Morgan fingerprint density at radius 1 is 1.24 bits per heavy atom. The van der Waals surface area contributed by atoms with Gasteiger partial charge < -0.3 is 4.90 Å². The first-order valence-corrected chi connectivity index (χ1v) is 6.23. The molecular formula is C14H20FNO. The second-order valence-corrected chi connectivity index (χ2v) is 4.16. The maximum absolute atomic E-state index is 13.1. The van der Waals surface area contributed by atoms with Crippen LogP contribution in [0.25, 0.3) is 0 Å². The van der Waals surface area contributed by atoms with Crippen LogP contribution in [0.1, 0.15) is 43.5 Å². The van der Waals surface area contributed by atoms with Crippen molar-refractivity contribution in [2.45, 2.75) is 33.1 Å². The monoisotopic (exact) mass is 237 g/mol. The van der Waals surface area contributed by atoms with Crippen molar-refractivity contribution in [1.29, 1.82) is 0 Å². The van der Waals surface area contributed by atoms with Crippen molar-refractivity contribution in [3.8, 4) is 0 Å². The van der Waals surface area contributed by atoms with Gasteiger partial charge in [-0.3, -0.25) is 4.79 Å². The van der Waals surface area contributed by atoms with Crippen LogP contribution in [0.2, 0.25) is 0 Å². The van der Waals surface area contributed by atoms with E-state index in [-0.39, 0.29) is 11.7 Å². The number of benzene rings is 1. The summed E-state index contributed by atoms with van der Waals surface area (Å²) in [7, 11) is 0. The lowest BCUT2D eigenvalue weighted by Gasteiger charge is -2.22. The van der Waals surface area contributed by atoms with Gasteiger partial charge in [0.25, 0.3) is 5.91 Å². The number of amides is 1. The van der Waals surface area contributed by atoms with Crippen LogP contribution >= 0.6 is 0 Å². The summed E-state index contributed by atoms with van der Waals surface area (Å²) in [6, 6.07) is 5.90. The highest BCUT2D eigenvalue weighted by atomic mass is 19.1. The van der Waals surface area contributed by atoms with E-state index in [0.29, 0.717) is 5.56 Å². The van der Waals surface area contributed by atoms with E-state index in [1.807, 2.05) is 6.92 Å². The first kappa shape index (κ1) is 13.7. The van der Waals surface area contributed by atoms with E-state index in [2.05, 4.69) is 6.92 Å². The molecule has 0 aromatic heterocycles. The highest BCUT2D eigenvalue weighted by Crippen LogP contribution is 2.09. The summed E-state index contributed by atoms with van der Waals surface area (Å²) in [5, 5.41) is 0. The van der Waals surface area contributed by atoms with Crippen molar-refractivity contribution in [3.05, 3.63) is 35.6 Å². The zero-order valence-corrected chi connectivity index (χ0v) is 10.6. The number of rotatable bonds is 6. The van der Waals surface area contributed by atoms with Gasteiger partial charge >= 0.3 is 0 Å². The topological polar surface area (TPSA) is 20.3 Å². The maximum atomic E-state index is 13.1. The minimum atomic E-state index is -0.359. The molecule has 94 valence electrons. The number of carbonyl (C=O) groups is 1. The Bertz CT molecular complexity index is 365. The van der Waals surface area contributed by atoms with Gasteiger partial charge in [-0.1, -0.05) is 26.3 Å². The molecule has 0 atom stereocenters. The van der Waals surface area contributed by atoms with Gasteiger partial charge in [0.15, 0.2) is 0 Å². The Morgan fingerprint density at radius 3 is 2.59 bits per heavy atom. The fourth-order valence-corrected chi connectivity index (χ4v) is 1.74. The van der Waals surface area contributed by atoms with Gasteiger partial charge in [0.2, 0.25) is 0 Å². The standard InChI is InChI=1S/C14H20FNO/c1-3-5-10-16(9-4-2)14(17)12-7-6-8-13(15)11-12/h6-8,11H,3-5,9-10H2,1-2H3. The molecular weight excluding hydrogens is 217 g/mol. The second-order valence-electron chi connectivity index (χ2n) is 4.16. The third-order valence-corrected chi connectivity index (χ3v) is 2.63. The summed E-state index contributed by atoms with van der Waals surface area (Å²) in [4.78, 5) is 14.0. The van der Waals surface area contributed by atoms with Crippen LogP contribution < -0.4 is 0 Å². The molecule has 0 spiro atoms. The predicted molar refractivity (Wildman–Crippen MR) is 67.5 cm³/mol. The van der Waals surface area contributed by atoms with Crippen LogP contribution in [-0.2, 0) is 0 Å². The number of unbranched alkanes of at least 4 members (excludes halogenated alkanes) is 1.